The summed E-state index contributed by atoms with van der Waals surface area (Å²) in [6.45, 7) is 6.43. The molecule has 1 aromatic heterocycles. The molecule has 1 aromatic carbocycles. The van der Waals surface area contributed by atoms with Gasteiger partial charge in [-0.05, 0) is 43.9 Å². The first-order valence-electron chi connectivity index (χ1n) is 6.78. The molecule has 3 heteroatoms. The van der Waals surface area contributed by atoms with Crippen molar-refractivity contribution in [2.75, 3.05) is 0 Å². The maximum atomic E-state index is 6.38. The lowest BCUT2D eigenvalue weighted by atomic mass is 9.92. The first-order valence-corrected chi connectivity index (χ1v) is 6.78. The lowest BCUT2D eigenvalue weighted by Crippen LogP contribution is -2.15. The quantitative estimate of drug-likeness (QED) is 0.915. The highest BCUT2D eigenvalue weighted by Crippen LogP contribution is 2.25. The average Bonchev–Trinajstić information content (AvgIpc) is 2.70. The lowest BCUT2D eigenvalue weighted by Gasteiger charge is -2.18. The van der Waals surface area contributed by atoms with Gasteiger partial charge in [0.1, 0.15) is 5.82 Å². The summed E-state index contributed by atoms with van der Waals surface area (Å²) in [7, 11) is 2.02. The van der Waals surface area contributed by atoms with Crippen molar-refractivity contribution in [1.82, 2.24) is 9.55 Å². The number of hydrogen-bond donors (Lipinski definition) is 1. The molecule has 2 rings (SSSR count). The Balaban J connectivity index is 2.12. The van der Waals surface area contributed by atoms with E-state index >= 15 is 0 Å². The van der Waals surface area contributed by atoms with Gasteiger partial charge in [-0.2, -0.15) is 0 Å². The predicted octanol–water partition coefficient (Wildman–Crippen LogP) is 2.98. The average molecular weight is 257 g/mol. The number of aryl methyl sites for hydroxylation is 5. The van der Waals surface area contributed by atoms with Gasteiger partial charge < -0.3 is 10.3 Å². The van der Waals surface area contributed by atoms with E-state index in [2.05, 4.69) is 42.5 Å². The minimum Gasteiger partial charge on any atom is -0.338 e. The third-order valence-electron chi connectivity index (χ3n) is 3.71. The fourth-order valence-corrected chi connectivity index (χ4v) is 2.84. The molecule has 0 saturated heterocycles. The summed E-state index contributed by atoms with van der Waals surface area (Å²) in [6, 6.07) is 4.50. The van der Waals surface area contributed by atoms with E-state index in [1.807, 2.05) is 19.4 Å². The largest absolute Gasteiger partial charge is 0.338 e. The van der Waals surface area contributed by atoms with Crippen molar-refractivity contribution in [2.24, 2.45) is 12.8 Å². The second-order valence-corrected chi connectivity index (χ2v) is 5.41. The van der Waals surface area contributed by atoms with Gasteiger partial charge in [0.05, 0.1) is 0 Å². The number of hydrogen-bond acceptors (Lipinski definition) is 2. The van der Waals surface area contributed by atoms with E-state index in [0.29, 0.717) is 0 Å². The first kappa shape index (κ1) is 13.8. The highest BCUT2D eigenvalue weighted by Gasteiger charge is 2.13. The molecule has 1 unspecified atom stereocenters. The van der Waals surface area contributed by atoms with Crippen molar-refractivity contribution in [3.05, 3.63) is 52.6 Å². The van der Waals surface area contributed by atoms with E-state index in [1.54, 1.807) is 0 Å². The Morgan fingerprint density at radius 2 is 1.84 bits per heavy atom. The third kappa shape index (κ3) is 3.04. The van der Waals surface area contributed by atoms with Gasteiger partial charge >= 0.3 is 0 Å². The van der Waals surface area contributed by atoms with Crippen LogP contribution in [0.2, 0.25) is 0 Å². The topological polar surface area (TPSA) is 43.8 Å². The number of benzene rings is 1. The smallest absolute Gasteiger partial charge is 0.108 e. The van der Waals surface area contributed by atoms with Crippen LogP contribution in [-0.4, -0.2) is 9.55 Å². The minimum atomic E-state index is 0.0808. The van der Waals surface area contributed by atoms with Crippen molar-refractivity contribution < 1.29 is 0 Å². The lowest BCUT2D eigenvalue weighted by molar-refractivity contribution is 0.615. The Morgan fingerprint density at radius 1 is 1.21 bits per heavy atom. The minimum absolute atomic E-state index is 0.0808. The van der Waals surface area contributed by atoms with Crippen molar-refractivity contribution in [1.29, 1.82) is 0 Å². The van der Waals surface area contributed by atoms with Crippen molar-refractivity contribution in [2.45, 2.75) is 39.7 Å². The van der Waals surface area contributed by atoms with E-state index in [-0.39, 0.29) is 6.04 Å². The van der Waals surface area contributed by atoms with E-state index < -0.39 is 0 Å². The Bertz CT molecular complexity index is 546. The number of aromatic nitrogens is 2. The van der Waals surface area contributed by atoms with Gasteiger partial charge in [0.25, 0.3) is 0 Å². The zero-order valence-corrected chi connectivity index (χ0v) is 12.3. The molecule has 3 nitrogen and oxygen atoms in total. The molecule has 0 aliphatic heterocycles. The second-order valence-electron chi connectivity index (χ2n) is 5.41. The highest BCUT2D eigenvalue weighted by atomic mass is 15.0. The molecule has 2 aromatic rings. The van der Waals surface area contributed by atoms with E-state index in [0.717, 1.165) is 18.7 Å². The van der Waals surface area contributed by atoms with E-state index in [9.17, 15) is 0 Å². The van der Waals surface area contributed by atoms with Crippen molar-refractivity contribution in [3.8, 4) is 0 Å². The third-order valence-corrected chi connectivity index (χ3v) is 3.71. The van der Waals surface area contributed by atoms with Crippen LogP contribution in [0.4, 0.5) is 0 Å². The first-order chi connectivity index (χ1) is 8.99. The molecule has 1 heterocycles. The number of rotatable bonds is 4. The van der Waals surface area contributed by atoms with Crippen LogP contribution in [0.3, 0.4) is 0 Å². The molecule has 0 aliphatic carbocycles. The van der Waals surface area contributed by atoms with Gasteiger partial charge in [-0.25, -0.2) is 4.98 Å². The molecule has 0 amide bonds. The zero-order valence-electron chi connectivity index (χ0n) is 12.3. The van der Waals surface area contributed by atoms with Crippen LogP contribution < -0.4 is 5.73 Å². The summed E-state index contributed by atoms with van der Waals surface area (Å²) in [5.74, 6) is 1.10. The second kappa shape index (κ2) is 5.57. The summed E-state index contributed by atoms with van der Waals surface area (Å²) in [5.41, 5.74) is 11.6. The molecule has 0 fully saturated rings. The summed E-state index contributed by atoms with van der Waals surface area (Å²) in [5, 5.41) is 0. The zero-order chi connectivity index (χ0) is 14.0. The molecule has 0 saturated carbocycles. The molecule has 19 heavy (non-hydrogen) atoms. The Labute approximate surface area is 115 Å². The summed E-state index contributed by atoms with van der Waals surface area (Å²) < 4.78 is 2.06. The Hall–Kier alpha value is -1.61. The van der Waals surface area contributed by atoms with Crippen molar-refractivity contribution in [3.63, 3.8) is 0 Å². The highest BCUT2D eigenvalue weighted by molar-refractivity contribution is 5.39. The number of nitrogens with two attached hydrogens (primary N) is 1. The SMILES string of the molecule is Cc1cc(C)c(C(N)CCc2nccn2C)c(C)c1. The van der Waals surface area contributed by atoms with E-state index in [4.69, 9.17) is 5.73 Å². The predicted molar refractivity (Wildman–Crippen MR) is 79.1 cm³/mol. The summed E-state index contributed by atoms with van der Waals surface area (Å²) >= 11 is 0. The molecule has 102 valence electrons. The van der Waals surface area contributed by atoms with Crippen LogP contribution in [0.5, 0.6) is 0 Å². The van der Waals surface area contributed by atoms with Crippen LogP contribution in [0.15, 0.2) is 24.5 Å². The maximum absolute atomic E-state index is 6.38. The summed E-state index contributed by atoms with van der Waals surface area (Å²) in [4.78, 5) is 4.35. The van der Waals surface area contributed by atoms with Gasteiger partial charge in [-0.15, -0.1) is 0 Å². The molecular formula is C16H23N3. The Kier molecular flexibility index (Phi) is 4.05. The fourth-order valence-electron chi connectivity index (χ4n) is 2.84. The maximum Gasteiger partial charge on any atom is 0.108 e. The molecule has 0 radical (unpaired) electrons. The standard InChI is InChI=1S/C16H23N3/c1-11-9-12(2)16(13(3)10-11)14(17)5-6-15-18-7-8-19(15)4/h7-10,14H,5-6,17H2,1-4H3. The number of nitrogens with zero attached hydrogens (tertiary/aromatic N) is 2. The molecule has 1 atom stereocenters. The van der Waals surface area contributed by atoms with Gasteiger partial charge in [-0.1, -0.05) is 17.7 Å². The van der Waals surface area contributed by atoms with Gasteiger partial charge in [0.15, 0.2) is 0 Å². The van der Waals surface area contributed by atoms with E-state index in [1.165, 1.54) is 22.3 Å². The van der Waals surface area contributed by atoms with Gasteiger partial charge in [0, 0.05) is 31.9 Å². The van der Waals surface area contributed by atoms with Crippen LogP contribution in [-0.2, 0) is 13.5 Å². The summed E-state index contributed by atoms with van der Waals surface area (Å²) in [6.07, 6.45) is 5.65. The van der Waals surface area contributed by atoms with Crippen LogP contribution in [0.25, 0.3) is 0 Å². The fraction of sp³-hybridized carbons (Fsp3) is 0.438. The molecule has 0 bridgehead atoms. The molecule has 0 aliphatic rings. The molecule has 0 spiro atoms. The van der Waals surface area contributed by atoms with Crippen LogP contribution >= 0.6 is 0 Å². The Morgan fingerprint density at radius 3 is 2.37 bits per heavy atom. The monoisotopic (exact) mass is 257 g/mol. The molecule has 2 N–H and O–H groups in total. The molecular weight excluding hydrogens is 234 g/mol. The normalized spacial score (nSPS) is 12.7. The van der Waals surface area contributed by atoms with Crippen molar-refractivity contribution >= 4 is 0 Å². The van der Waals surface area contributed by atoms with Crippen LogP contribution in [0.1, 0.15) is 40.5 Å². The van der Waals surface area contributed by atoms with Crippen LogP contribution in [0, 0.1) is 20.8 Å². The number of imidazole rings is 1. The van der Waals surface area contributed by atoms with Gasteiger partial charge in [0.2, 0.25) is 0 Å². The van der Waals surface area contributed by atoms with Gasteiger partial charge in [-0.3, -0.25) is 0 Å².